The fourth-order valence-electron chi connectivity index (χ4n) is 1.24. The number of para-hydroxylation sites is 1. The maximum Gasteiger partial charge on any atom is 0.240 e. The molecule has 0 radical (unpaired) electrons. The molecule has 1 N–H and O–H groups in total. The minimum absolute atomic E-state index is 0.617. The minimum atomic E-state index is 0.617. The van der Waals surface area contributed by atoms with Gasteiger partial charge in [-0.2, -0.15) is 4.99 Å². The number of halogens is 1. The van der Waals surface area contributed by atoms with Gasteiger partial charge in [0.15, 0.2) is 0 Å². The van der Waals surface area contributed by atoms with Crippen molar-refractivity contribution in [3.05, 3.63) is 28.9 Å². The zero-order valence-electron chi connectivity index (χ0n) is 6.54. The van der Waals surface area contributed by atoms with Gasteiger partial charge in [-0.1, -0.05) is 12.1 Å². The molecule has 13 heavy (non-hydrogen) atoms. The lowest BCUT2D eigenvalue weighted by Gasteiger charge is -1.92. The molecule has 0 aliphatic heterocycles. The number of aromatic amines is 1. The van der Waals surface area contributed by atoms with Crippen LogP contribution in [0.1, 0.15) is 0 Å². The summed E-state index contributed by atoms with van der Waals surface area (Å²) in [5.74, 6) is 0. The summed E-state index contributed by atoms with van der Waals surface area (Å²) in [4.78, 5) is 16.7. The maximum atomic E-state index is 10.1. The Balaban J connectivity index is 2.82. The number of aliphatic imine (C=N–C) groups is 1. The lowest BCUT2D eigenvalue weighted by Crippen LogP contribution is -1.68. The summed E-state index contributed by atoms with van der Waals surface area (Å²) >= 11 is 3.39. The highest BCUT2D eigenvalue weighted by Crippen LogP contribution is 2.29. The van der Waals surface area contributed by atoms with Crippen molar-refractivity contribution in [1.82, 2.24) is 4.98 Å². The number of hydrogen-bond acceptors (Lipinski definition) is 2. The van der Waals surface area contributed by atoms with Crippen LogP contribution in [0.2, 0.25) is 0 Å². The quantitative estimate of drug-likeness (QED) is 0.601. The van der Waals surface area contributed by atoms with E-state index in [2.05, 4.69) is 25.9 Å². The van der Waals surface area contributed by atoms with E-state index in [0.717, 1.165) is 15.4 Å². The first-order valence-electron chi connectivity index (χ1n) is 3.66. The van der Waals surface area contributed by atoms with Crippen LogP contribution in [-0.2, 0) is 4.79 Å². The summed E-state index contributed by atoms with van der Waals surface area (Å²) in [6.45, 7) is 0. The second kappa shape index (κ2) is 3.17. The topological polar surface area (TPSA) is 45.2 Å². The van der Waals surface area contributed by atoms with Crippen molar-refractivity contribution in [2.24, 2.45) is 4.99 Å². The SMILES string of the molecule is O=C=Nc1c[nH]c2c(Br)cccc12. The molecule has 2 aromatic rings. The van der Waals surface area contributed by atoms with Crippen molar-refractivity contribution in [2.45, 2.75) is 0 Å². The molecule has 0 aliphatic rings. The summed E-state index contributed by atoms with van der Waals surface area (Å²) in [6, 6.07) is 5.71. The Morgan fingerprint density at radius 2 is 2.31 bits per heavy atom. The molecule has 0 unspecified atom stereocenters. The molecule has 0 bridgehead atoms. The van der Waals surface area contributed by atoms with Gasteiger partial charge in [-0.05, 0) is 22.0 Å². The summed E-state index contributed by atoms with van der Waals surface area (Å²) in [5.41, 5.74) is 1.56. The van der Waals surface area contributed by atoms with E-state index in [0.29, 0.717) is 5.69 Å². The van der Waals surface area contributed by atoms with Crippen LogP contribution < -0.4 is 0 Å². The minimum Gasteiger partial charge on any atom is -0.358 e. The van der Waals surface area contributed by atoms with Crippen molar-refractivity contribution < 1.29 is 4.79 Å². The average molecular weight is 237 g/mol. The third kappa shape index (κ3) is 1.30. The number of nitrogens with zero attached hydrogens (tertiary/aromatic N) is 1. The smallest absolute Gasteiger partial charge is 0.240 e. The van der Waals surface area contributed by atoms with Gasteiger partial charge >= 0.3 is 0 Å². The lowest BCUT2D eigenvalue weighted by atomic mass is 10.2. The van der Waals surface area contributed by atoms with Gasteiger partial charge in [0.25, 0.3) is 0 Å². The van der Waals surface area contributed by atoms with Crippen LogP contribution in [0, 0.1) is 0 Å². The average Bonchev–Trinajstić information content (AvgIpc) is 2.51. The van der Waals surface area contributed by atoms with Gasteiger partial charge in [0.2, 0.25) is 6.08 Å². The second-order valence-electron chi connectivity index (χ2n) is 2.54. The monoisotopic (exact) mass is 236 g/mol. The van der Waals surface area contributed by atoms with E-state index in [1.165, 1.54) is 6.08 Å². The van der Waals surface area contributed by atoms with Gasteiger partial charge in [0, 0.05) is 16.1 Å². The summed E-state index contributed by atoms with van der Waals surface area (Å²) < 4.78 is 0.956. The van der Waals surface area contributed by atoms with Crippen molar-refractivity contribution in [1.29, 1.82) is 0 Å². The van der Waals surface area contributed by atoms with Crippen LogP contribution in [0.25, 0.3) is 10.9 Å². The molecular formula is C9H5BrN2O. The fraction of sp³-hybridized carbons (Fsp3) is 0. The normalized spacial score (nSPS) is 9.92. The van der Waals surface area contributed by atoms with Gasteiger partial charge < -0.3 is 4.98 Å². The molecule has 0 fully saturated rings. The van der Waals surface area contributed by atoms with E-state index in [1.807, 2.05) is 18.2 Å². The molecule has 1 aromatic heterocycles. The number of rotatable bonds is 1. The number of isocyanates is 1. The highest BCUT2D eigenvalue weighted by atomic mass is 79.9. The number of carbonyl (C=O) groups excluding carboxylic acids is 1. The first kappa shape index (κ1) is 8.23. The maximum absolute atomic E-state index is 10.1. The van der Waals surface area contributed by atoms with Crippen LogP contribution in [-0.4, -0.2) is 11.1 Å². The first-order chi connectivity index (χ1) is 6.33. The number of benzene rings is 1. The molecule has 0 aliphatic carbocycles. The predicted octanol–water partition coefficient (Wildman–Crippen LogP) is 2.90. The van der Waals surface area contributed by atoms with Crippen molar-refractivity contribution in [2.75, 3.05) is 0 Å². The summed E-state index contributed by atoms with van der Waals surface area (Å²) in [7, 11) is 0. The summed E-state index contributed by atoms with van der Waals surface area (Å²) in [5, 5.41) is 0.915. The summed E-state index contributed by atoms with van der Waals surface area (Å²) in [6.07, 6.45) is 3.20. The number of H-pyrrole nitrogens is 1. The Labute approximate surface area is 82.6 Å². The Morgan fingerprint density at radius 3 is 3.08 bits per heavy atom. The van der Waals surface area contributed by atoms with Crippen LogP contribution >= 0.6 is 15.9 Å². The fourth-order valence-corrected chi connectivity index (χ4v) is 1.72. The number of nitrogens with one attached hydrogen (secondary N) is 1. The van der Waals surface area contributed by atoms with Gasteiger partial charge in [0.05, 0.1) is 5.52 Å². The lowest BCUT2D eigenvalue weighted by molar-refractivity contribution is 0.565. The molecule has 2 rings (SSSR count). The Kier molecular flexibility index (Phi) is 2.00. The predicted molar refractivity (Wildman–Crippen MR) is 53.8 cm³/mol. The van der Waals surface area contributed by atoms with E-state index in [4.69, 9.17) is 0 Å². The molecule has 1 aromatic carbocycles. The molecule has 0 saturated carbocycles. The molecule has 0 amide bonds. The largest absolute Gasteiger partial charge is 0.358 e. The molecular weight excluding hydrogens is 232 g/mol. The standard InChI is InChI=1S/C9H5BrN2O/c10-7-3-1-2-6-8(12-5-13)4-11-9(6)7/h1-4,11H. The van der Waals surface area contributed by atoms with E-state index in [1.54, 1.807) is 6.20 Å². The molecule has 1 heterocycles. The Bertz CT molecular complexity index is 497. The van der Waals surface area contributed by atoms with Crippen molar-refractivity contribution in [3.8, 4) is 0 Å². The van der Waals surface area contributed by atoms with Crippen LogP contribution in [0.3, 0.4) is 0 Å². The van der Waals surface area contributed by atoms with E-state index in [-0.39, 0.29) is 0 Å². The third-order valence-corrected chi connectivity index (χ3v) is 2.47. The molecule has 4 heteroatoms. The molecule has 0 spiro atoms. The zero-order chi connectivity index (χ0) is 9.26. The van der Waals surface area contributed by atoms with Crippen LogP contribution in [0.15, 0.2) is 33.9 Å². The highest BCUT2D eigenvalue weighted by molar-refractivity contribution is 9.10. The highest BCUT2D eigenvalue weighted by Gasteiger charge is 2.03. The van der Waals surface area contributed by atoms with E-state index < -0.39 is 0 Å². The molecule has 0 saturated heterocycles. The Hall–Kier alpha value is -1.38. The molecule has 0 atom stereocenters. The van der Waals surface area contributed by atoms with Crippen molar-refractivity contribution >= 4 is 38.6 Å². The Morgan fingerprint density at radius 1 is 1.46 bits per heavy atom. The van der Waals surface area contributed by atoms with Crippen molar-refractivity contribution in [3.63, 3.8) is 0 Å². The third-order valence-electron chi connectivity index (χ3n) is 1.81. The van der Waals surface area contributed by atoms with Gasteiger partial charge in [0.1, 0.15) is 5.69 Å². The van der Waals surface area contributed by atoms with Crippen LogP contribution in [0.4, 0.5) is 5.69 Å². The molecule has 3 nitrogen and oxygen atoms in total. The number of fused-ring (bicyclic) bond motifs is 1. The van der Waals surface area contributed by atoms with E-state index >= 15 is 0 Å². The van der Waals surface area contributed by atoms with E-state index in [9.17, 15) is 4.79 Å². The zero-order valence-corrected chi connectivity index (χ0v) is 8.13. The first-order valence-corrected chi connectivity index (χ1v) is 4.45. The van der Waals surface area contributed by atoms with Gasteiger partial charge in [-0.15, -0.1) is 0 Å². The van der Waals surface area contributed by atoms with Gasteiger partial charge in [-0.25, -0.2) is 4.79 Å². The van der Waals surface area contributed by atoms with Crippen LogP contribution in [0.5, 0.6) is 0 Å². The molecule has 64 valence electrons. The second-order valence-corrected chi connectivity index (χ2v) is 3.39. The van der Waals surface area contributed by atoms with Gasteiger partial charge in [-0.3, -0.25) is 0 Å². The number of aromatic nitrogens is 1. The number of hydrogen-bond donors (Lipinski definition) is 1.